The van der Waals surface area contributed by atoms with Gasteiger partial charge in [-0.1, -0.05) is 29.8 Å². The van der Waals surface area contributed by atoms with E-state index in [0.717, 1.165) is 44.2 Å². The van der Waals surface area contributed by atoms with Gasteiger partial charge >= 0.3 is 0 Å². The fourth-order valence-electron chi connectivity index (χ4n) is 3.35. The van der Waals surface area contributed by atoms with Gasteiger partial charge in [-0.05, 0) is 31.5 Å². The second-order valence-electron chi connectivity index (χ2n) is 7.30. The van der Waals surface area contributed by atoms with Crippen LogP contribution in [0, 0.1) is 13.8 Å². The SMILES string of the molecule is Cc1ccc([C@@H](CN2CCOCC2)NC(=O)c2csc(-c3ccc(C)o3)n2)cc1. The molecule has 2 aromatic heterocycles. The molecule has 0 saturated carbocycles. The highest BCUT2D eigenvalue weighted by Gasteiger charge is 2.22. The zero-order valence-corrected chi connectivity index (χ0v) is 17.5. The van der Waals surface area contributed by atoms with Crippen LogP contribution in [0.4, 0.5) is 0 Å². The zero-order chi connectivity index (χ0) is 20.2. The molecule has 152 valence electrons. The molecule has 0 aliphatic carbocycles. The van der Waals surface area contributed by atoms with E-state index in [9.17, 15) is 4.79 Å². The lowest BCUT2D eigenvalue weighted by molar-refractivity contribution is 0.0332. The molecule has 1 amide bonds. The zero-order valence-electron chi connectivity index (χ0n) is 16.7. The fourth-order valence-corrected chi connectivity index (χ4v) is 4.11. The van der Waals surface area contributed by atoms with Crippen molar-refractivity contribution in [3.8, 4) is 10.8 Å². The summed E-state index contributed by atoms with van der Waals surface area (Å²) in [5.41, 5.74) is 2.70. The second kappa shape index (κ2) is 8.90. The largest absolute Gasteiger partial charge is 0.459 e. The van der Waals surface area contributed by atoms with Crippen LogP contribution in [0.2, 0.25) is 0 Å². The van der Waals surface area contributed by atoms with E-state index in [0.29, 0.717) is 16.5 Å². The average Bonchev–Trinajstić information content (AvgIpc) is 3.38. The summed E-state index contributed by atoms with van der Waals surface area (Å²) in [7, 11) is 0. The number of carbonyl (C=O) groups excluding carboxylic acids is 1. The fraction of sp³-hybridized carbons (Fsp3) is 0.364. The lowest BCUT2D eigenvalue weighted by atomic mass is 10.0. The molecule has 1 fully saturated rings. The molecule has 7 heteroatoms. The molecular formula is C22H25N3O3S. The number of carbonyl (C=O) groups is 1. The number of hydrogen-bond donors (Lipinski definition) is 1. The summed E-state index contributed by atoms with van der Waals surface area (Å²) in [6.07, 6.45) is 0. The summed E-state index contributed by atoms with van der Waals surface area (Å²) in [6, 6.07) is 12.0. The van der Waals surface area contributed by atoms with E-state index in [1.165, 1.54) is 16.9 Å². The minimum Gasteiger partial charge on any atom is -0.459 e. The normalized spacial score (nSPS) is 15.9. The van der Waals surface area contributed by atoms with Gasteiger partial charge in [-0.25, -0.2) is 4.98 Å². The van der Waals surface area contributed by atoms with Crippen LogP contribution in [0.25, 0.3) is 10.8 Å². The predicted molar refractivity (Wildman–Crippen MR) is 113 cm³/mol. The van der Waals surface area contributed by atoms with Crippen molar-refractivity contribution >= 4 is 17.2 Å². The van der Waals surface area contributed by atoms with Gasteiger partial charge in [-0.15, -0.1) is 11.3 Å². The molecule has 0 bridgehead atoms. The molecular weight excluding hydrogens is 386 g/mol. The van der Waals surface area contributed by atoms with Crippen molar-refractivity contribution in [3.63, 3.8) is 0 Å². The first-order chi connectivity index (χ1) is 14.1. The molecule has 0 spiro atoms. The van der Waals surface area contributed by atoms with E-state index < -0.39 is 0 Å². The number of nitrogens with zero attached hydrogens (tertiary/aromatic N) is 2. The van der Waals surface area contributed by atoms with Crippen LogP contribution < -0.4 is 5.32 Å². The Balaban J connectivity index is 1.50. The number of furan rings is 1. The van der Waals surface area contributed by atoms with Gasteiger partial charge in [0.1, 0.15) is 11.5 Å². The van der Waals surface area contributed by atoms with Gasteiger partial charge in [0, 0.05) is 25.0 Å². The maximum atomic E-state index is 12.9. The highest BCUT2D eigenvalue weighted by Crippen LogP contribution is 2.26. The molecule has 6 nitrogen and oxygen atoms in total. The molecule has 29 heavy (non-hydrogen) atoms. The Kier molecular flexibility index (Phi) is 6.08. The first-order valence-electron chi connectivity index (χ1n) is 9.78. The van der Waals surface area contributed by atoms with Crippen LogP contribution in [-0.2, 0) is 4.74 Å². The Hall–Kier alpha value is -2.48. The first-order valence-corrected chi connectivity index (χ1v) is 10.7. The average molecular weight is 412 g/mol. The summed E-state index contributed by atoms with van der Waals surface area (Å²) >= 11 is 1.41. The topological polar surface area (TPSA) is 67.6 Å². The molecule has 0 unspecified atom stereocenters. The van der Waals surface area contributed by atoms with Gasteiger partial charge < -0.3 is 14.5 Å². The van der Waals surface area contributed by atoms with Crippen molar-refractivity contribution in [2.24, 2.45) is 0 Å². The molecule has 0 radical (unpaired) electrons. The summed E-state index contributed by atoms with van der Waals surface area (Å²) in [4.78, 5) is 19.8. The van der Waals surface area contributed by atoms with Crippen LogP contribution in [0.5, 0.6) is 0 Å². The van der Waals surface area contributed by atoms with E-state index in [1.54, 1.807) is 5.38 Å². The number of benzene rings is 1. The van der Waals surface area contributed by atoms with E-state index in [-0.39, 0.29) is 11.9 Å². The number of aromatic nitrogens is 1. The summed E-state index contributed by atoms with van der Waals surface area (Å²) < 4.78 is 11.1. The minimum atomic E-state index is -0.172. The molecule has 4 rings (SSSR count). The van der Waals surface area contributed by atoms with Crippen molar-refractivity contribution in [1.29, 1.82) is 0 Å². The van der Waals surface area contributed by atoms with Gasteiger partial charge in [0.25, 0.3) is 5.91 Å². The Labute approximate surface area is 174 Å². The van der Waals surface area contributed by atoms with Crippen LogP contribution in [0.3, 0.4) is 0 Å². The molecule has 1 aliphatic heterocycles. The molecule has 1 saturated heterocycles. The summed E-state index contributed by atoms with van der Waals surface area (Å²) in [5.74, 6) is 1.34. The van der Waals surface area contributed by atoms with Crippen molar-refractivity contribution < 1.29 is 13.9 Å². The van der Waals surface area contributed by atoms with Crippen LogP contribution in [0.15, 0.2) is 46.2 Å². The molecule has 1 aromatic carbocycles. The molecule has 1 atom stereocenters. The lowest BCUT2D eigenvalue weighted by Crippen LogP contribution is -2.43. The van der Waals surface area contributed by atoms with Gasteiger partial charge in [0.15, 0.2) is 10.8 Å². The van der Waals surface area contributed by atoms with Crippen molar-refractivity contribution in [3.05, 3.63) is 64.4 Å². The highest BCUT2D eigenvalue weighted by molar-refractivity contribution is 7.13. The lowest BCUT2D eigenvalue weighted by Gasteiger charge is -2.31. The standard InChI is InChI=1S/C22H25N3O3S/c1-15-3-6-17(7-4-15)18(13-25-9-11-27-12-10-25)23-21(26)19-14-29-22(24-19)20-8-5-16(2)28-20/h3-8,14,18H,9-13H2,1-2H3,(H,23,26)/t18-/m1/s1. The Morgan fingerprint density at radius 2 is 1.93 bits per heavy atom. The molecule has 1 aliphatic rings. The smallest absolute Gasteiger partial charge is 0.271 e. The van der Waals surface area contributed by atoms with Gasteiger partial charge in [-0.3, -0.25) is 9.69 Å². The van der Waals surface area contributed by atoms with Crippen LogP contribution in [0.1, 0.15) is 33.4 Å². The van der Waals surface area contributed by atoms with Crippen molar-refractivity contribution in [2.75, 3.05) is 32.8 Å². The number of morpholine rings is 1. The van der Waals surface area contributed by atoms with Gasteiger partial charge in [0.2, 0.25) is 0 Å². The maximum Gasteiger partial charge on any atom is 0.271 e. The summed E-state index contributed by atoms with van der Waals surface area (Å²) in [6.45, 7) is 7.90. The number of aryl methyl sites for hydroxylation is 2. The molecule has 1 N–H and O–H groups in total. The molecule has 3 heterocycles. The number of amides is 1. The first kappa shape index (κ1) is 19.8. The summed E-state index contributed by atoms with van der Waals surface area (Å²) in [5, 5.41) is 5.67. The number of ether oxygens (including phenoxy) is 1. The second-order valence-corrected chi connectivity index (χ2v) is 8.16. The Morgan fingerprint density at radius 3 is 2.62 bits per heavy atom. The molecule has 3 aromatic rings. The van der Waals surface area contributed by atoms with Gasteiger partial charge in [0.05, 0.1) is 19.3 Å². The van der Waals surface area contributed by atoms with E-state index in [2.05, 4.69) is 46.4 Å². The van der Waals surface area contributed by atoms with Crippen LogP contribution in [-0.4, -0.2) is 48.6 Å². The third-order valence-corrected chi connectivity index (χ3v) is 5.87. The number of thiazole rings is 1. The van der Waals surface area contributed by atoms with E-state index >= 15 is 0 Å². The Bertz CT molecular complexity index is 958. The van der Waals surface area contributed by atoms with E-state index in [1.807, 2.05) is 19.1 Å². The van der Waals surface area contributed by atoms with Crippen molar-refractivity contribution in [2.45, 2.75) is 19.9 Å². The monoisotopic (exact) mass is 411 g/mol. The predicted octanol–water partition coefficient (Wildman–Crippen LogP) is 3.82. The van der Waals surface area contributed by atoms with Crippen LogP contribution >= 0.6 is 11.3 Å². The Morgan fingerprint density at radius 1 is 1.17 bits per heavy atom. The third-order valence-electron chi connectivity index (χ3n) is 5.02. The van der Waals surface area contributed by atoms with Gasteiger partial charge in [-0.2, -0.15) is 0 Å². The highest BCUT2D eigenvalue weighted by atomic mass is 32.1. The van der Waals surface area contributed by atoms with E-state index in [4.69, 9.17) is 9.15 Å². The minimum absolute atomic E-state index is 0.114. The quantitative estimate of drug-likeness (QED) is 0.668. The number of rotatable bonds is 6. The third kappa shape index (κ3) is 4.93. The maximum absolute atomic E-state index is 12.9. The number of nitrogens with one attached hydrogen (secondary N) is 1. The van der Waals surface area contributed by atoms with Crippen molar-refractivity contribution in [1.82, 2.24) is 15.2 Å². The number of hydrogen-bond acceptors (Lipinski definition) is 6.